The molecule has 2 amide bonds. The maximum absolute atomic E-state index is 14.6. The Morgan fingerprint density at radius 3 is 2.07 bits per heavy atom. The van der Waals surface area contributed by atoms with Gasteiger partial charge in [-0.3, -0.25) is 24.0 Å². The van der Waals surface area contributed by atoms with E-state index in [-0.39, 0.29) is 72.8 Å². The number of carbonyl (C=O) groups excluding carboxylic acids is 6. The number of nitrogens with two attached hydrogens (primary N) is 2. The van der Waals surface area contributed by atoms with Crippen LogP contribution in [0.25, 0.3) is 33.4 Å². The zero-order valence-corrected chi connectivity index (χ0v) is 80.5. The Balaban J connectivity index is 0.000000294. The van der Waals surface area contributed by atoms with Crippen LogP contribution in [0, 0.1) is 35.5 Å². The van der Waals surface area contributed by atoms with Crippen LogP contribution in [-0.2, 0) is 115 Å². The summed E-state index contributed by atoms with van der Waals surface area (Å²) in [5.74, 6) is -7.48. The zero-order chi connectivity index (χ0) is 94.9. The molecule has 6 N–H and O–H groups in total. The molecule has 1 aliphatic carbocycles. The van der Waals surface area contributed by atoms with Crippen LogP contribution in [0.1, 0.15) is 188 Å². The van der Waals surface area contributed by atoms with E-state index in [1.54, 1.807) is 55.3 Å². The van der Waals surface area contributed by atoms with Crippen molar-refractivity contribution in [2.45, 2.75) is 246 Å². The summed E-state index contributed by atoms with van der Waals surface area (Å²) < 4.78 is 85.4. The first-order chi connectivity index (χ1) is 63.1. The van der Waals surface area contributed by atoms with E-state index in [1.165, 1.54) is 29.5 Å². The number of aliphatic hydroxyl groups excluding tert-OH is 1. The molecule has 3 fully saturated rings. The SMILES string of the molecule is CCCOCCC(=O)N1CCc2cc(Cn3nc(-c4ccc5oc(N)nc5c4)c4c(N)ncnc43)ccc2C1.CCCOCCOCCOCCOCCOCCOC.COCCCC(=S)O[C@@H]1CC[C@@H](C[C@@H](C)[C@@H]2CC(=O)[C@H](C)/C=C(\C)[C@@H](O)[C@@H](OC)C(=O)[C@H](C)C[C@H](C)/C=C/C=C/C=C(\C)[C@@H](OC)C[C@@H]3CC[C@@H](C)[C@@](O)(O3)C(=O)C(=O)N3CCCC[C@H]3C(=O)O2)C[C@H]1OC. The number of benzene rings is 2. The maximum atomic E-state index is 14.6. The molecule has 10 rings (SSSR count). The van der Waals surface area contributed by atoms with Crippen molar-refractivity contribution >= 4 is 86.4 Å². The molecule has 4 aliphatic heterocycles. The number of ketones is 3. The van der Waals surface area contributed by atoms with E-state index >= 15 is 0 Å². The fourth-order valence-electron chi connectivity index (χ4n) is 17.2. The van der Waals surface area contributed by atoms with Gasteiger partial charge in [0.05, 0.1) is 109 Å². The first kappa shape index (κ1) is 108. The summed E-state index contributed by atoms with van der Waals surface area (Å²) >= 11 is 5.53. The summed E-state index contributed by atoms with van der Waals surface area (Å²) in [6.07, 6.45) is 17.9. The molecule has 1 saturated carbocycles. The monoisotopic (exact) mass is 1850 g/mol. The molecular formula is C98H147N9O23S. The standard InChI is InChI=1S/C56H87NO14S.C28H30N8O3.C14H30O6/c1-34-18-13-12-14-19-35(2)46(66-9)32-42-24-22-40(7)56(64,71-42)53(61)54(62)57-26-16-15-20-43(57)55(63)70-47(33-44(58)36(3)29-39(6)51(60)52(68-11)50(59)38(5)28-34)37(4)30-41-23-25-45(48(31-41)67-10)69-49(72)21-17-27-65-8;1-2-10-38-11-8-23(37)35-9-7-18-12-17(3-4-20(18)15-35)14-36-27-24(26(29)31-16-32-27)25(34-36)19-5-6-22-21(13-19)33-28(30)39-22;1-3-4-16-7-8-18-11-12-20-14-13-19-10-9-17-6-5-15-2/h12-14,18-19,29,34,36-38,40-43,45-48,51-52,60,64H,15-17,20-28,30-33H2,1-11H3;3-6,12-13,16H,2,7-11,14-15H2,1H3,(H2,30,33)(H2,29,31,32);3-14H2,1-2H3/b14-12+,18-13+,35-19+,39-29+;;/t34-,36-,37-,38-,40-,41+,42+,43+,45-,46+,47+,48-,51-,52+,56-;;/m1../s1. The number of rotatable bonds is 36. The predicted molar refractivity (Wildman–Crippen MR) is 502 cm³/mol. The van der Waals surface area contributed by atoms with Crippen molar-refractivity contribution in [1.29, 1.82) is 0 Å². The van der Waals surface area contributed by atoms with Crippen molar-refractivity contribution in [2.24, 2.45) is 35.5 Å². The van der Waals surface area contributed by atoms with E-state index in [0.717, 1.165) is 55.4 Å². The molecule has 15 atom stereocenters. The number of carbonyl (C=O) groups is 6. The van der Waals surface area contributed by atoms with Gasteiger partial charge in [-0.1, -0.05) is 103 Å². The minimum atomic E-state index is -2.44. The number of nitrogen functional groups attached to an aromatic ring is 2. The molecule has 728 valence electrons. The fourth-order valence-corrected chi connectivity index (χ4v) is 17.4. The Bertz CT molecular complexity index is 4500. The van der Waals surface area contributed by atoms with Crippen LogP contribution in [0.3, 0.4) is 0 Å². The smallest absolute Gasteiger partial charge is 0.329 e. The van der Waals surface area contributed by atoms with Gasteiger partial charge in [0.15, 0.2) is 22.1 Å². The van der Waals surface area contributed by atoms with Gasteiger partial charge in [-0.25, -0.2) is 19.4 Å². The van der Waals surface area contributed by atoms with Gasteiger partial charge in [0.1, 0.15) is 59.6 Å². The molecular weight excluding hydrogens is 1700 g/mol. The lowest BCUT2D eigenvalue weighted by atomic mass is 9.78. The van der Waals surface area contributed by atoms with Gasteiger partial charge >= 0.3 is 5.97 Å². The number of anilines is 2. The second-order valence-corrected chi connectivity index (χ2v) is 35.4. The van der Waals surface area contributed by atoms with Crippen molar-refractivity contribution in [3.8, 4) is 11.3 Å². The van der Waals surface area contributed by atoms with E-state index in [9.17, 15) is 39.0 Å². The molecule has 2 saturated heterocycles. The van der Waals surface area contributed by atoms with Crippen molar-refractivity contribution in [3.63, 3.8) is 0 Å². The Morgan fingerprint density at radius 1 is 0.710 bits per heavy atom. The number of esters is 1. The van der Waals surface area contributed by atoms with Crippen molar-refractivity contribution in [1.82, 2.24) is 34.5 Å². The van der Waals surface area contributed by atoms with E-state index in [0.29, 0.717) is 220 Å². The van der Waals surface area contributed by atoms with Gasteiger partial charge in [0, 0.05) is 118 Å². The van der Waals surface area contributed by atoms with Gasteiger partial charge in [-0.2, -0.15) is 10.1 Å². The highest BCUT2D eigenvalue weighted by molar-refractivity contribution is 7.80. The number of cyclic esters (lactones) is 1. The molecule has 2 aromatic carbocycles. The van der Waals surface area contributed by atoms with E-state index in [1.807, 2.05) is 85.9 Å². The first-order valence-corrected chi connectivity index (χ1v) is 47.2. The summed E-state index contributed by atoms with van der Waals surface area (Å²) in [4.78, 5) is 100.0. The fraction of sp³-hybridized carbons (Fsp3) is 0.663. The summed E-state index contributed by atoms with van der Waals surface area (Å²) in [6, 6.07) is 10.9. The molecule has 0 spiro atoms. The van der Waals surface area contributed by atoms with Crippen LogP contribution in [0.15, 0.2) is 94.7 Å². The molecule has 2 bridgehead atoms. The number of thiocarbonyl (C=S) groups is 1. The summed E-state index contributed by atoms with van der Waals surface area (Å²) in [5.41, 5.74) is 20.2. The Hall–Kier alpha value is -8.23. The van der Waals surface area contributed by atoms with Crippen molar-refractivity contribution in [2.75, 3.05) is 153 Å². The van der Waals surface area contributed by atoms with E-state index in [4.69, 9.17) is 99.5 Å². The average molecular weight is 1850 g/mol. The number of allylic oxidation sites excluding steroid dienone is 6. The number of ether oxygens (including phenoxy) is 14. The first-order valence-electron chi connectivity index (χ1n) is 46.7. The van der Waals surface area contributed by atoms with Crippen LogP contribution in [0.5, 0.6) is 0 Å². The summed E-state index contributed by atoms with van der Waals surface area (Å²) in [7, 11) is 7.91. The largest absolute Gasteiger partial charge is 0.481 e. The third kappa shape index (κ3) is 33.4. The third-order valence-corrected chi connectivity index (χ3v) is 25.0. The Morgan fingerprint density at radius 2 is 1.40 bits per heavy atom. The number of hydrogen-bond acceptors (Lipinski definition) is 30. The number of nitrogens with zero attached hydrogens (tertiary/aromatic N) is 7. The zero-order valence-electron chi connectivity index (χ0n) is 79.7. The van der Waals surface area contributed by atoms with Crippen LogP contribution >= 0.6 is 12.2 Å². The molecule has 3 aromatic heterocycles. The Kier molecular flexibility index (Phi) is 46.9. The maximum Gasteiger partial charge on any atom is 0.329 e. The lowest BCUT2D eigenvalue weighted by Crippen LogP contribution is -2.61. The van der Waals surface area contributed by atoms with Crippen LogP contribution in [0.4, 0.5) is 11.8 Å². The molecule has 7 heterocycles. The molecule has 33 heteroatoms. The predicted octanol–water partition coefficient (Wildman–Crippen LogP) is 12.6. The van der Waals surface area contributed by atoms with Gasteiger partial charge in [0.25, 0.3) is 17.7 Å². The second-order valence-electron chi connectivity index (χ2n) is 34.9. The van der Waals surface area contributed by atoms with Crippen molar-refractivity contribution in [3.05, 3.63) is 107 Å². The van der Waals surface area contributed by atoms with Gasteiger partial charge in [-0.15, -0.1) is 0 Å². The number of methoxy groups -OCH3 is 5. The van der Waals surface area contributed by atoms with Gasteiger partial charge in [-0.05, 0) is 180 Å². The normalized spacial score (nSPS) is 26.3. The highest BCUT2D eigenvalue weighted by atomic mass is 32.1. The number of amides is 2. The van der Waals surface area contributed by atoms with Crippen LogP contribution < -0.4 is 11.5 Å². The lowest BCUT2D eigenvalue weighted by Gasteiger charge is -2.42. The average Bonchev–Trinajstić information content (AvgIpc) is 1.61. The molecule has 32 nitrogen and oxygen atoms in total. The number of hydrogen-bond donors (Lipinski definition) is 4. The van der Waals surface area contributed by atoms with E-state index in [2.05, 4.69) is 47.0 Å². The highest BCUT2D eigenvalue weighted by Gasteiger charge is 2.53. The summed E-state index contributed by atoms with van der Waals surface area (Å²) in [6.45, 7) is 27.3. The number of piperidine rings is 1. The molecule has 5 aliphatic rings. The quantitative estimate of drug-likeness (QED) is 0.00951. The second kappa shape index (κ2) is 56.8. The lowest BCUT2D eigenvalue weighted by molar-refractivity contribution is -0.265. The van der Waals surface area contributed by atoms with Crippen LogP contribution in [-0.4, -0.2) is 281 Å². The minimum Gasteiger partial charge on any atom is -0.481 e. The molecule has 131 heavy (non-hydrogen) atoms. The van der Waals surface area contributed by atoms with Gasteiger partial charge in [0.2, 0.25) is 11.7 Å². The van der Waals surface area contributed by atoms with Gasteiger partial charge < -0.3 is 102 Å². The highest BCUT2D eigenvalue weighted by Crippen LogP contribution is 2.40. The third-order valence-electron chi connectivity index (χ3n) is 24.7. The molecule has 0 unspecified atom stereocenters. The molecule has 0 radical (unpaired) electrons. The topological polar surface area (TPSA) is 400 Å². The summed E-state index contributed by atoms with van der Waals surface area (Å²) in [5, 5.41) is 29.6. The Labute approximate surface area is 778 Å². The van der Waals surface area contributed by atoms with Crippen molar-refractivity contribution < 1.29 is 110 Å². The molecule has 5 aromatic rings. The van der Waals surface area contributed by atoms with E-state index < -0.39 is 77.8 Å². The number of fused-ring (bicyclic) bond motifs is 6. The van der Waals surface area contributed by atoms with Crippen LogP contribution in [0.2, 0.25) is 0 Å². The number of aliphatic hydroxyl groups is 2. The number of oxazole rings is 1. The minimum absolute atomic E-state index is 0.0142. The number of Topliss-reactive ketones (excluding diaryl/α,β-unsaturated/α-hetero) is 3. The number of aromatic nitrogens is 5.